The lowest BCUT2D eigenvalue weighted by Crippen LogP contribution is -2.49. The summed E-state index contributed by atoms with van der Waals surface area (Å²) in [5.74, 6) is -0.681. The standard InChI is InChI=1S/C21H31N3O3.ClH/c1-2-24(15-20(26)27)18-8-12-23(13-9-18)14-19(25)22-16-21(10-11-21)17-6-4-3-5-7-17;/h3-7,18H,2,8-16H2,1H3,(H,22,25)(H,26,27);1H. The molecule has 1 heterocycles. The van der Waals surface area contributed by atoms with E-state index in [0.717, 1.165) is 45.3 Å². The van der Waals surface area contributed by atoms with Crippen LogP contribution in [0, 0.1) is 0 Å². The van der Waals surface area contributed by atoms with E-state index in [9.17, 15) is 9.59 Å². The Morgan fingerprint density at radius 3 is 2.39 bits per heavy atom. The Morgan fingerprint density at radius 2 is 1.86 bits per heavy atom. The van der Waals surface area contributed by atoms with Crippen LogP contribution in [0.1, 0.15) is 38.2 Å². The van der Waals surface area contributed by atoms with Gasteiger partial charge in [-0.15, -0.1) is 12.4 Å². The molecule has 28 heavy (non-hydrogen) atoms. The summed E-state index contributed by atoms with van der Waals surface area (Å²) < 4.78 is 0. The monoisotopic (exact) mass is 409 g/mol. The van der Waals surface area contributed by atoms with Crippen LogP contribution >= 0.6 is 12.4 Å². The van der Waals surface area contributed by atoms with E-state index in [2.05, 4.69) is 34.5 Å². The third kappa shape index (κ3) is 5.93. The molecule has 1 saturated heterocycles. The van der Waals surface area contributed by atoms with Gasteiger partial charge in [-0.2, -0.15) is 0 Å². The molecule has 1 saturated carbocycles. The number of nitrogens with one attached hydrogen (secondary N) is 1. The van der Waals surface area contributed by atoms with Gasteiger partial charge in [0.15, 0.2) is 0 Å². The first-order valence-corrected chi connectivity index (χ1v) is 10.0. The average molecular weight is 410 g/mol. The molecule has 1 aromatic carbocycles. The highest BCUT2D eigenvalue weighted by Gasteiger charge is 2.44. The number of carbonyl (C=O) groups is 2. The normalized spacial score (nSPS) is 19.1. The van der Waals surface area contributed by atoms with E-state index < -0.39 is 5.97 Å². The first-order chi connectivity index (χ1) is 13.0. The Balaban J connectivity index is 0.00000280. The molecule has 1 aromatic rings. The number of benzene rings is 1. The summed E-state index contributed by atoms with van der Waals surface area (Å²) in [6.07, 6.45) is 4.11. The lowest BCUT2D eigenvalue weighted by atomic mass is 9.96. The van der Waals surface area contributed by atoms with Crippen LogP contribution in [0.25, 0.3) is 0 Å². The van der Waals surface area contributed by atoms with Gasteiger partial charge in [0.2, 0.25) is 5.91 Å². The molecule has 1 aliphatic heterocycles. The first kappa shape index (κ1) is 22.7. The van der Waals surface area contributed by atoms with Gasteiger partial charge in [-0.25, -0.2) is 0 Å². The van der Waals surface area contributed by atoms with Gasteiger partial charge < -0.3 is 10.4 Å². The Kier molecular flexibility index (Phi) is 8.28. The maximum Gasteiger partial charge on any atom is 0.317 e. The number of halogens is 1. The fourth-order valence-electron chi connectivity index (χ4n) is 4.15. The minimum Gasteiger partial charge on any atom is -0.480 e. The highest BCUT2D eigenvalue weighted by atomic mass is 35.5. The van der Waals surface area contributed by atoms with E-state index in [0.29, 0.717) is 19.1 Å². The average Bonchev–Trinajstić information content (AvgIpc) is 3.47. The van der Waals surface area contributed by atoms with Crippen molar-refractivity contribution in [2.24, 2.45) is 0 Å². The SMILES string of the molecule is CCN(CC(=O)O)C1CCN(CC(=O)NCC2(c3ccccc3)CC2)CC1.Cl. The summed E-state index contributed by atoms with van der Waals surface area (Å²) in [6, 6.07) is 10.8. The van der Waals surface area contributed by atoms with E-state index >= 15 is 0 Å². The van der Waals surface area contributed by atoms with Crippen LogP contribution in [-0.4, -0.2) is 72.1 Å². The predicted molar refractivity (Wildman–Crippen MR) is 112 cm³/mol. The van der Waals surface area contributed by atoms with Gasteiger partial charge in [0.1, 0.15) is 0 Å². The number of carboxylic acids is 1. The molecule has 0 radical (unpaired) electrons. The molecule has 0 aromatic heterocycles. The molecule has 3 rings (SSSR count). The third-order valence-corrected chi connectivity index (χ3v) is 6.05. The van der Waals surface area contributed by atoms with Crippen molar-refractivity contribution in [1.82, 2.24) is 15.1 Å². The van der Waals surface area contributed by atoms with Crippen molar-refractivity contribution in [3.8, 4) is 0 Å². The van der Waals surface area contributed by atoms with E-state index in [-0.39, 0.29) is 30.3 Å². The third-order valence-electron chi connectivity index (χ3n) is 6.05. The molecule has 0 atom stereocenters. The van der Waals surface area contributed by atoms with E-state index in [1.54, 1.807) is 0 Å². The smallest absolute Gasteiger partial charge is 0.317 e. The summed E-state index contributed by atoms with van der Waals surface area (Å²) in [7, 11) is 0. The number of amides is 1. The molecule has 6 nitrogen and oxygen atoms in total. The van der Waals surface area contributed by atoms with Gasteiger partial charge in [-0.1, -0.05) is 37.3 Å². The minimum atomic E-state index is -0.772. The number of hydrogen-bond acceptors (Lipinski definition) is 4. The van der Waals surface area contributed by atoms with Gasteiger partial charge in [0.05, 0.1) is 13.1 Å². The van der Waals surface area contributed by atoms with Crippen LogP contribution in [0.2, 0.25) is 0 Å². The number of piperidine rings is 1. The maximum atomic E-state index is 12.4. The second-order valence-corrected chi connectivity index (χ2v) is 7.89. The van der Waals surface area contributed by atoms with Crippen molar-refractivity contribution >= 4 is 24.3 Å². The zero-order valence-electron chi connectivity index (χ0n) is 16.6. The van der Waals surface area contributed by atoms with Gasteiger partial charge in [0.25, 0.3) is 0 Å². The van der Waals surface area contributed by atoms with Crippen molar-refractivity contribution in [2.45, 2.75) is 44.1 Å². The van der Waals surface area contributed by atoms with Gasteiger partial charge in [0, 0.05) is 31.1 Å². The first-order valence-electron chi connectivity index (χ1n) is 10.0. The fraction of sp³-hybridized carbons (Fsp3) is 0.619. The number of aliphatic carboxylic acids is 1. The van der Waals surface area contributed by atoms with Crippen LogP contribution in [0.3, 0.4) is 0 Å². The predicted octanol–water partition coefficient (Wildman–Crippen LogP) is 2.13. The van der Waals surface area contributed by atoms with Crippen molar-refractivity contribution in [3.05, 3.63) is 35.9 Å². The van der Waals surface area contributed by atoms with Gasteiger partial charge in [-0.3, -0.25) is 19.4 Å². The summed E-state index contributed by atoms with van der Waals surface area (Å²) in [6.45, 7) is 5.69. The zero-order chi connectivity index (χ0) is 19.3. The number of hydrogen-bond donors (Lipinski definition) is 2. The summed E-state index contributed by atoms with van der Waals surface area (Å²) in [5, 5.41) is 12.2. The Morgan fingerprint density at radius 1 is 1.21 bits per heavy atom. The van der Waals surface area contributed by atoms with Crippen LogP contribution in [0.5, 0.6) is 0 Å². The Hall–Kier alpha value is -1.63. The molecule has 2 N–H and O–H groups in total. The molecule has 2 aliphatic rings. The second kappa shape index (κ2) is 10.2. The summed E-state index contributed by atoms with van der Waals surface area (Å²) in [4.78, 5) is 27.6. The lowest BCUT2D eigenvalue weighted by molar-refractivity contribution is -0.139. The van der Waals surface area contributed by atoms with Crippen LogP contribution in [-0.2, 0) is 15.0 Å². The number of likely N-dealkylation sites (N-methyl/N-ethyl adjacent to an activating group) is 1. The molecule has 0 spiro atoms. The number of likely N-dealkylation sites (tertiary alicyclic amines) is 1. The summed E-state index contributed by atoms with van der Waals surface area (Å²) in [5.41, 5.74) is 1.46. The molecule has 1 aliphatic carbocycles. The molecule has 2 fully saturated rings. The highest BCUT2D eigenvalue weighted by Crippen LogP contribution is 2.47. The van der Waals surface area contributed by atoms with E-state index in [4.69, 9.17) is 5.11 Å². The number of carbonyl (C=O) groups excluding carboxylic acids is 1. The highest BCUT2D eigenvalue weighted by molar-refractivity contribution is 5.85. The second-order valence-electron chi connectivity index (χ2n) is 7.89. The zero-order valence-corrected chi connectivity index (χ0v) is 17.4. The van der Waals surface area contributed by atoms with E-state index in [1.165, 1.54) is 5.56 Å². The topological polar surface area (TPSA) is 72.9 Å². The van der Waals surface area contributed by atoms with Crippen molar-refractivity contribution in [1.29, 1.82) is 0 Å². The molecular formula is C21H32ClN3O3. The molecule has 0 unspecified atom stereocenters. The number of rotatable bonds is 9. The number of carboxylic acid groups (broad SMARTS) is 1. The molecular weight excluding hydrogens is 378 g/mol. The minimum absolute atomic E-state index is 0. The van der Waals surface area contributed by atoms with Gasteiger partial charge in [-0.05, 0) is 37.8 Å². The van der Waals surface area contributed by atoms with Gasteiger partial charge >= 0.3 is 5.97 Å². The maximum absolute atomic E-state index is 12.4. The van der Waals surface area contributed by atoms with Crippen molar-refractivity contribution < 1.29 is 14.7 Å². The summed E-state index contributed by atoms with van der Waals surface area (Å²) >= 11 is 0. The van der Waals surface area contributed by atoms with Crippen molar-refractivity contribution in [2.75, 3.05) is 39.3 Å². The fourth-order valence-corrected chi connectivity index (χ4v) is 4.15. The molecule has 156 valence electrons. The quantitative estimate of drug-likeness (QED) is 0.653. The lowest BCUT2D eigenvalue weighted by Gasteiger charge is -2.37. The molecule has 1 amide bonds. The van der Waals surface area contributed by atoms with Crippen LogP contribution in [0.15, 0.2) is 30.3 Å². The number of nitrogens with zero attached hydrogens (tertiary/aromatic N) is 2. The largest absolute Gasteiger partial charge is 0.480 e. The molecule has 7 heteroatoms. The van der Waals surface area contributed by atoms with Crippen molar-refractivity contribution in [3.63, 3.8) is 0 Å². The van der Waals surface area contributed by atoms with Crippen LogP contribution in [0.4, 0.5) is 0 Å². The van der Waals surface area contributed by atoms with E-state index in [1.807, 2.05) is 17.9 Å². The molecule has 0 bridgehead atoms. The Labute approximate surface area is 173 Å². The Bertz CT molecular complexity index is 644. The van der Waals surface area contributed by atoms with Crippen LogP contribution < -0.4 is 5.32 Å².